The van der Waals surface area contributed by atoms with Crippen molar-refractivity contribution in [1.82, 2.24) is 15.5 Å². The lowest BCUT2D eigenvalue weighted by atomic mass is 10.0. The van der Waals surface area contributed by atoms with E-state index in [4.69, 9.17) is 0 Å². The number of nitrogens with one attached hydrogen (secondary N) is 2. The van der Waals surface area contributed by atoms with Crippen molar-refractivity contribution in [3.63, 3.8) is 0 Å². The van der Waals surface area contributed by atoms with Crippen molar-refractivity contribution < 1.29 is 4.79 Å². The first-order chi connectivity index (χ1) is 11.8. The summed E-state index contributed by atoms with van der Waals surface area (Å²) in [7, 11) is 0. The van der Waals surface area contributed by atoms with Crippen molar-refractivity contribution in [2.24, 2.45) is 0 Å². The largest absolute Gasteiger partial charge is 0.354 e. The highest BCUT2D eigenvalue weighted by atomic mass is 35.5. The number of amides is 1. The molecule has 2 atom stereocenters. The number of benzene rings is 1. The molecule has 7 heteroatoms. The first kappa shape index (κ1) is 23.6. The van der Waals surface area contributed by atoms with E-state index in [1.165, 1.54) is 24.8 Å². The van der Waals surface area contributed by atoms with E-state index in [1.54, 1.807) is 0 Å². The SMILES string of the molecule is Cl.Cl.O=C(CC1CSCCN1)NCC1CCCCN1Cc1ccccc1. The third-order valence-electron chi connectivity index (χ3n) is 4.94. The molecule has 0 radical (unpaired) electrons. The molecule has 26 heavy (non-hydrogen) atoms. The molecule has 2 heterocycles. The monoisotopic (exact) mass is 419 g/mol. The Labute approximate surface area is 174 Å². The van der Waals surface area contributed by atoms with Gasteiger partial charge in [-0.2, -0.15) is 11.8 Å². The number of piperidine rings is 1. The van der Waals surface area contributed by atoms with Crippen LogP contribution in [0.4, 0.5) is 0 Å². The third-order valence-corrected chi connectivity index (χ3v) is 6.07. The van der Waals surface area contributed by atoms with Crippen molar-refractivity contribution in [3.05, 3.63) is 35.9 Å². The molecule has 148 valence electrons. The first-order valence-corrected chi connectivity index (χ1v) is 10.3. The molecule has 2 fully saturated rings. The Bertz CT molecular complexity index is 515. The van der Waals surface area contributed by atoms with Crippen LogP contribution in [0.5, 0.6) is 0 Å². The van der Waals surface area contributed by atoms with E-state index >= 15 is 0 Å². The summed E-state index contributed by atoms with van der Waals surface area (Å²) < 4.78 is 0. The third kappa shape index (κ3) is 7.65. The molecule has 1 amide bonds. The number of likely N-dealkylation sites (tertiary alicyclic amines) is 1. The van der Waals surface area contributed by atoms with Crippen LogP contribution in [0.2, 0.25) is 0 Å². The smallest absolute Gasteiger partial charge is 0.221 e. The molecule has 0 aromatic heterocycles. The van der Waals surface area contributed by atoms with Crippen molar-refractivity contribution in [2.75, 3.05) is 31.1 Å². The second kappa shape index (κ2) is 12.8. The van der Waals surface area contributed by atoms with E-state index < -0.39 is 0 Å². The summed E-state index contributed by atoms with van der Waals surface area (Å²) in [5.74, 6) is 2.41. The van der Waals surface area contributed by atoms with Gasteiger partial charge in [0.25, 0.3) is 0 Å². The molecule has 3 rings (SSSR count). The molecule has 0 bridgehead atoms. The Hall–Kier alpha value is -0.460. The van der Waals surface area contributed by atoms with Gasteiger partial charge in [-0.3, -0.25) is 9.69 Å². The molecule has 1 aromatic carbocycles. The minimum atomic E-state index is 0. The molecule has 0 saturated carbocycles. The standard InChI is InChI=1S/C19H29N3OS.2ClH/c23-19(12-17-15-24-11-9-20-17)21-13-18-8-4-5-10-22(18)14-16-6-2-1-3-7-16;;/h1-3,6-7,17-18,20H,4-5,8-15H2,(H,21,23);2*1H. The Morgan fingerprint density at radius 1 is 1.23 bits per heavy atom. The summed E-state index contributed by atoms with van der Waals surface area (Å²) in [6, 6.07) is 11.5. The molecule has 2 N–H and O–H groups in total. The Morgan fingerprint density at radius 2 is 2.04 bits per heavy atom. The zero-order valence-electron chi connectivity index (χ0n) is 15.2. The molecular formula is C19H31Cl2N3OS. The molecule has 0 spiro atoms. The number of hydrogen-bond donors (Lipinski definition) is 2. The summed E-state index contributed by atoms with van der Waals surface area (Å²) in [5, 5.41) is 6.62. The van der Waals surface area contributed by atoms with E-state index in [1.807, 2.05) is 11.8 Å². The summed E-state index contributed by atoms with van der Waals surface area (Å²) in [5.41, 5.74) is 1.36. The van der Waals surface area contributed by atoms with Crippen LogP contribution >= 0.6 is 36.6 Å². The highest BCUT2D eigenvalue weighted by Gasteiger charge is 2.23. The molecule has 2 unspecified atom stereocenters. The number of thioether (sulfide) groups is 1. The van der Waals surface area contributed by atoms with Crippen molar-refractivity contribution in [3.8, 4) is 0 Å². The number of carbonyl (C=O) groups excluding carboxylic acids is 1. The summed E-state index contributed by atoms with van der Waals surface area (Å²) >= 11 is 1.94. The molecule has 2 aliphatic heterocycles. The van der Waals surface area contributed by atoms with Crippen molar-refractivity contribution in [1.29, 1.82) is 0 Å². The highest BCUT2D eigenvalue weighted by Crippen LogP contribution is 2.19. The lowest BCUT2D eigenvalue weighted by molar-refractivity contribution is -0.121. The minimum absolute atomic E-state index is 0. The minimum Gasteiger partial charge on any atom is -0.354 e. The summed E-state index contributed by atoms with van der Waals surface area (Å²) in [6.45, 7) is 3.93. The van der Waals surface area contributed by atoms with Gasteiger partial charge in [0.2, 0.25) is 5.91 Å². The van der Waals surface area contributed by atoms with Gasteiger partial charge in [0, 0.05) is 49.6 Å². The summed E-state index contributed by atoms with van der Waals surface area (Å²) in [6.07, 6.45) is 4.33. The van der Waals surface area contributed by atoms with Crippen molar-refractivity contribution >= 4 is 42.5 Å². The van der Waals surface area contributed by atoms with Crippen LogP contribution in [-0.2, 0) is 11.3 Å². The lowest BCUT2D eigenvalue weighted by Crippen LogP contribution is -2.47. The average molecular weight is 420 g/mol. The predicted octanol–water partition coefficient (Wildman–Crippen LogP) is 3.10. The maximum absolute atomic E-state index is 12.2. The fraction of sp³-hybridized carbons (Fsp3) is 0.632. The number of hydrogen-bond acceptors (Lipinski definition) is 4. The Balaban J connectivity index is 0.00000169. The van der Waals surface area contributed by atoms with Gasteiger partial charge in [0.05, 0.1) is 0 Å². The number of rotatable bonds is 6. The van der Waals surface area contributed by atoms with Crippen molar-refractivity contribution in [2.45, 2.75) is 44.3 Å². The zero-order valence-corrected chi connectivity index (χ0v) is 17.6. The van der Waals surface area contributed by atoms with Crippen LogP contribution in [0, 0.1) is 0 Å². The maximum Gasteiger partial charge on any atom is 0.221 e. The van der Waals surface area contributed by atoms with E-state index in [9.17, 15) is 4.79 Å². The van der Waals surface area contributed by atoms with E-state index in [-0.39, 0.29) is 30.7 Å². The Morgan fingerprint density at radius 3 is 2.77 bits per heavy atom. The van der Waals surface area contributed by atoms with Crippen LogP contribution in [0.1, 0.15) is 31.2 Å². The first-order valence-electron chi connectivity index (χ1n) is 9.17. The normalized spacial score (nSPS) is 23.4. The molecule has 1 aromatic rings. The number of nitrogens with zero attached hydrogens (tertiary/aromatic N) is 1. The van der Waals surface area contributed by atoms with Crippen LogP contribution in [0.15, 0.2) is 30.3 Å². The fourth-order valence-corrected chi connectivity index (χ4v) is 4.54. The van der Waals surface area contributed by atoms with E-state index in [0.717, 1.165) is 37.7 Å². The van der Waals surface area contributed by atoms with Gasteiger partial charge in [-0.15, -0.1) is 24.8 Å². The van der Waals surface area contributed by atoms with E-state index in [0.29, 0.717) is 18.5 Å². The lowest BCUT2D eigenvalue weighted by Gasteiger charge is -2.36. The van der Waals surface area contributed by atoms with Gasteiger partial charge in [-0.1, -0.05) is 36.8 Å². The molecule has 2 saturated heterocycles. The van der Waals surface area contributed by atoms with Crippen LogP contribution in [0.25, 0.3) is 0 Å². The van der Waals surface area contributed by atoms with Gasteiger partial charge < -0.3 is 10.6 Å². The van der Waals surface area contributed by atoms with Crippen LogP contribution < -0.4 is 10.6 Å². The maximum atomic E-state index is 12.2. The van der Waals surface area contributed by atoms with Gasteiger partial charge in [0.15, 0.2) is 0 Å². The van der Waals surface area contributed by atoms with Gasteiger partial charge in [-0.05, 0) is 24.9 Å². The van der Waals surface area contributed by atoms with Gasteiger partial charge in [-0.25, -0.2) is 0 Å². The predicted molar refractivity (Wildman–Crippen MR) is 116 cm³/mol. The zero-order chi connectivity index (χ0) is 16.6. The quantitative estimate of drug-likeness (QED) is 0.743. The van der Waals surface area contributed by atoms with Crippen LogP contribution in [0.3, 0.4) is 0 Å². The second-order valence-corrected chi connectivity index (χ2v) is 7.99. The fourth-order valence-electron chi connectivity index (χ4n) is 3.60. The number of carbonyl (C=O) groups is 1. The average Bonchev–Trinajstić information content (AvgIpc) is 2.63. The molecule has 0 aliphatic carbocycles. The molecular weight excluding hydrogens is 389 g/mol. The van der Waals surface area contributed by atoms with Gasteiger partial charge in [0.1, 0.15) is 0 Å². The summed E-state index contributed by atoms with van der Waals surface area (Å²) in [4.78, 5) is 14.8. The van der Waals surface area contributed by atoms with Gasteiger partial charge >= 0.3 is 0 Å². The highest BCUT2D eigenvalue weighted by molar-refractivity contribution is 7.99. The number of halogens is 2. The topological polar surface area (TPSA) is 44.4 Å². The molecule has 2 aliphatic rings. The van der Waals surface area contributed by atoms with Crippen LogP contribution in [-0.4, -0.2) is 54.0 Å². The molecule has 4 nitrogen and oxygen atoms in total. The second-order valence-electron chi connectivity index (χ2n) is 6.84. The van der Waals surface area contributed by atoms with E-state index in [2.05, 4.69) is 45.9 Å². The Kier molecular flexibility index (Phi) is 11.6.